The molecule has 3 rings (SSSR count). The summed E-state index contributed by atoms with van der Waals surface area (Å²) in [5.74, 6) is -0.208. The lowest BCUT2D eigenvalue weighted by atomic mass is 9.84. The van der Waals surface area contributed by atoms with Crippen LogP contribution in [0.15, 0.2) is 48.5 Å². The maximum absolute atomic E-state index is 13.1. The average Bonchev–Trinajstić information content (AvgIpc) is 2.78. The predicted molar refractivity (Wildman–Crippen MR) is 117 cm³/mol. The third kappa shape index (κ3) is 5.35. The maximum atomic E-state index is 13.1. The molecule has 7 heteroatoms. The van der Waals surface area contributed by atoms with Gasteiger partial charge < -0.3 is 25.2 Å². The number of nitrogens with zero attached hydrogens (tertiary/aromatic N) is 1. The van der Waals surface area contributed by atoms with E-state index in [1.807, 2.05) is 36.4 Å². The molecule has 0 aromatic heterocycles. The first-order valence-electron chi connectivity index (χ1n) is 10.5. The summed E-state index contributed by atoms with van der Waals surface area (Å²) in [7, 11) is 3.23. The smallest absolute Gasteiger partial charge is 0.225 e. The summed E-state index contributed by atoms with van der Waals surface area (Å²) in [5.41, 5.74) is 1.78. The normalized spacial score (nSPS) is 19.7. The largest absolute Gasteiger partial charge is 0.504 e. The number of ether oxygens (including phenoxy) is 1. The Labute approximate surface area is 182 Å². The molecule has 0 bridgehead atoms. The highest BCUT2D eigenvalue weighted by Crippen LogP contribution is 2.35. The van der Waals surface area contributed by atoms with Crippen LogP contribution in [0, 0.1) is 11.8 Å². The number of benzene rings is 2. The summed E-state index contributed by atoms with van der Waals surface area (Å²) in [6.45, 7) is 0.204. The molecule has 1 heterocycles. The van der Waals surface area contributed by atoms with Crippen LogP contribution in [0.25, 0.3) is 0 Å². The lowest BCUT2D eigenvalue weighted by Crippen LogP contribution is -2.47. The first-order valence-corrected chi connectivity index (χ1v) is 10.5. The lowest BCUT2D eigenvalue weighted by Gasteiger charge is -2.38. The quantitative estimate of drug-likeness (QED) is 0.602. The molecule has 2 aromatic rings. The van der Waals surface area contributed by atoms with Gasteiger partial charge >= 0.3 is 0 Å². The van der Waals surface area contributed by atoms with Crippen LogP contribution < -0.4 is 10.1 Å². The number of aliphatic hydroxyl groups is 1. The van der Waals surface area contributed by atoms with Crippen LogP contribution in [0.2, 0.25) is 0 Å². The molecule has 1 saturated heterocycles. The van der Waals surface area contributed by atoms with Crippen LogP contribution in [0.5, 0.6) is 11.5 Å². The molecule has 0 radical (unpaired) electrons. The highest BCUT2D eigenvalue weighted by atomic mass is 16.5. The first kappa shape index (κ1) is 22.6. The number of carbonyl (C=O) groups excluding carboxylic acids is 2. The number of phenolic OH excluding ortho intramolecular Hbond substituents is 1. The Morgan fingerprint density at radius 3 is 2.65 bits per heavy atom. The van der Waals surface area contributed by atoms with Crippen LogP contribution >= 0.6 is 0 Å². The molecule has 1 aliphatic rings. The molecule has 2 amide bonds. The number of hydrogen-bond acceptors (Lipinski definition) is 5. The summed E-state index contributed by atoms with van der Waals surface area (Å²) in [6.07, 6.45) is 1.33. The van der Waals surface area contributed by atoms with E-state index in [9.17, 15) is 19.8 Å². The molecule has 7 nitrogen and oxygen atoms in total. The minimum atomic E-state index is -0.352. The monoisotopic (exact) mass is 426 g/mol. The zero-order valence-electron chi connectivity index (χ0n) is 18.0. The number of nitrogens with one attached hydrogen (secondary N) is 1. The van der Waals surface area contributed by atoms with Crippen LogP contribution in [0.4, 0.5) is 0 Å². The van der Waals surface area contributed by atoms with E-state index in [0.29, 0.717) is 31.6 Å². The third-order valence-corrected chi connectivity index (χ3v) is 5.93. The van der Waals surface area contributed by atoms with Gasteiger partial charge in [-0.05, 0) is 36.1 Å². The Kier molecular flexibility index (Phi) is 7.52. The Morgan fingerprint density at radius 1 is 1.26 bits per heavy atom. The van der Waals surface area contributed by atoms with Crippen LogP contribution in [0.3, 0.4) is 0 Å². The van der Waals surface area contributed by atoms with E-state index < -0.39 is 0 Å². The van der Waals surface area contributed by atoms with E-state index in [0.717, 1.165) is 11.1 Å². The van der Waals surface area contributed by atoms with Crippen molar-refractivity contribution in [2.24, 2.45) is 11.8 Å². The molecule has 3 N–H and O–H groups in total. The second kappa shape index (κ2) is 10.3. The van der Waals surface area contributed by atoms with Gasteiger partial charge in [0.05, 0.1) is 19.1 Å². The van der Waals surface area contributed by atoms with Crippen molar-refractivity contribution in [1.82, 2.24) is 10.2 Å². The number of rotatable bonds is 8. The van der Waals surface area contributed by atoms with Gasteiger partial charge in [0.2, 0.25) is 11.8 Å². The van der Waals surface area contributed by atoms with Gasteiger partial charge in [0.15, 0.2) is 11.5 Å². The lowest BCUT2D eigenvalue weighted by molar-refractivity contribution is -0.141. The van der Waals surface area contributed by atoms with Crippen LogP contribution in [-0.2, 0) is 16.0 Å². The molecule has 2 aromatic carbocycles. The van der Waals surface area contributed by atoms with Crippen molar-refractivity contribution in [3.05, 3.63) is 59.7 Å². The number of methoxy groups -OCH3 is 1. The summed E-state index contributed by atoms with van der Waals surface area (Å²) in [5, 5.41) is 22.7. The van der Waals surface area contributed by atoms with E-state index in [-0.39, 0.29) is 42.0 Å². The predicted octanol–water partition coefficient (Wildman–Crippen LogP) is 2.28. The van der Waals surface area contributed by atoms with Crippen molar-refractivity contribution < 1.29 is 24.5 Å². The highest BCUT2D eigenvalue weighted by molar-refractivity contribution is 5.84. The number of amides is 2. The molecular formula is C24H30N2O5. The minimum Gasteiger partial charge on any atom is -0.504 e. The maximum Gasteiger partial charge on any atom is 0.225 e. The Bertz CT molecular complexity index is 902. The van der Waals surface area contributed by atoms with Crippen molar-refractivity contribution in [3.63, 3.8) is 0 Å². The van der Waals surface area contributed by atoms with E-state index in [2.05, 4.69) is 5.32 Å². The number of hydrogen-bond donors (Lipinski definition) is 3. The zero-order chi connectivity index (χ0) is 22.4. The summed E-state index contributed by atoms with van der Waals surface area (Å²) in [4.78, 5) is 27.0. The van der Waals surface area contributed by atoms with Crippen molar-refractivity contribution >= 4 is 11.8 Å². The number of phenols is 1. The van der Waals surface area contributed by atoms with Gasteiger partial charge in [-0.2, -0.15) is 0 Å². The fourth-order valence-corrected chi connectivity index (χ4v) is 4.19. The highest BCUT2D eigenvalue weighted by Gasteiger charge is 2.38. The Morgan fingerprint density at radius 2 is 2.00 bits per heavy atom. The average molecular weight is 427 g/mol. The Hall–Kier alpha value is -3.06. The van der Waals surface area contributed by atoms with Gasteiger partial charge in [0.1, 0.15) is 0 Å². The zero-order valence-corrected chi connectivity index (χ0v) is 18.0. The minimum absolute atomic E-state index is 0.0328. The van der Waals surface area contributed by atoms with E-state index in [1.165, 1.54) is 7.11 Å². The number of likely N-dealkylation sites (tertiary alicyclic amines) is 1. The fourth-order valence-electron chi connectivity index (χ4n) is 4.19. The number of aromatic hydroxyl groups is 1. The first-order chi connectivity index (χ1) is 14.9. The molecule has 1 fully saturated rings. The second-order valence-electron chi connectivity index (χ2n) is 8.01. The number of carbonyl (C=O) groups is 2. The van der Waals surface area contributed by atoms with Crippen LogP contribution in [0.1, 0.15) is 30.0 Å². The van der Waals surface area contributed by atoms with Crippen molar-refractivity contribution in [2.75, 3.05) is 27.3 Å². The van der Waals surface area contributed by atoms with Gasteiger partial charge in [0.25, 0.3) is 0 Å². The second-order valence-corrected chi connectivity index (χ2v) is 8.01. The van der Waals surface area contributed by atoms with E-state index in [4.69, 9.17) is 4.74 Å². The fraction of sp³-hybridized carbons (Fsp3) is 0.417. The van der Waals surface area contributed by atoms with Gasteiger partial charge in [0, 0.05) is 32.5 Å². The third-order valence-electron chi connectivity index (χ3n) is 5.93. The summed E-state index contributed by atoms with van der Waals surface area (Å²) >= 11 is 0. The number of piperidine rings is 1. The molecule has 0 aliphatic carbocycles. The van der Waals surface area contributed by atoms with Crippen LogP contribution in [-0.4, -0.2) is 54.2 Å². The molecular weight excluding hydrogens is 396 g/mol. The Balaban J connectivity index is 1.66. The molecule has 1 aliphatic heterocycles. The molecule has 31 heavy (non-hydrogen) atoms. The van der Waals surface area contributed by atoms with Crippen molar-refractivity contribution in [3.8, 4) is 11.5 Å². The molecule has 3 atom stereocenters. The SMILES string of the molecule is COc1ccc(CC(CO)CNC(=O)C2CCC(=O)N(C)C2c2ccccc2)cc1O. The standard InChI is InChI=1S/C24H30N2O5/c1-26-22(29)11-9-19(23(26)18-6-4-3-5-7-18)24(30)25-14-17(15-27)12-16-8-10-21(31-2)20(28)13-16/h3-8,10,13,17,19,23,27-28H,9,11-12,14-15H2,1-2H3,(H,25,30). The molecule has 166 valence electrons. The van der Waals surface area contributed by atoms with Gasteiger partial charge in [-0.25, -0.2) is 0 Å². The van der Waals surface area contributed by atoms with Gasteiger partial charge in [-0.3, -0.25) is 9.59 Å². The van der Waals surface area contributed by atoms with E-state index in [1.54, 1.807) is 24.1 Å². The van der Waals surface area contributed by atoms with Gasteiger partial charge in [-0.1, -0.05) is 36.4 Å². The number of aliphatic hydroxyl groups excluding tert-OH is 1. The topological polar surface area (TPSA) is 99.1 Å². The molecule has 0 saturated carbocycles. The van der Waals surface area contributed by atoms with Crippen molar-refractivity contribution in [1.29, 1.82) is 0 Å². The summed E-state index contributed by atoms with van der Waals surface area (Å²) < 4.78 is 5.06. The summed E-state index contributed by atoms with van der Waals surface area (Å²) in [6, 6.07) is 14.4. The van der Waals surface area contributed by atoms with E-state index >= 15 is 0 Å². The van der Waals surface area contributed by atoms with Gasteiger partial charge in [-0.15, -0.1) is 0 Å². The molecule has 3 unspecified atom stereocenters. The van der Waals surface area contributed by atoms with Crippen molar-refractivity contribution in [2.45, 2.75) is 25.3 Å². The molecule has 0 spiro atoms.